The first-order valence-electron chi connectivity index (χ1n) is 10.4. The number of carbonyl (C=O) groups is 1. The quantitative estimate of drug-likeness (QED) is 0.545. The van der Waals surface area contributed by atoms with Crippen molar-refractivity contribution in [3.05, 3.63) is 71.6 Å². The third-order valence-electron chi connectivity index (χ3n) is 5.52. The summed E-state index contributed by atoms with van der Waals surface area (Å²) in [6.07, 6.45) is 0. The Balaban J connectivity index is 1.38. The predicted octanol–water partition coefficient (Wildman–Crippen LogP) is 3.19. The van der Waals surface area contributed by atoms with Gasteiger partial charge in [-0.2, -0.15) is 0 Å². The van der Waals surface area contributed by atoms with E-state index in [-0.39, 0.29) is 28.7 Å². The number of carbonyl (C=O) groups excluding carboxylic acids is 1. The van der Waals surface area contributed by atoms with Gasteiger partial charge in [0.15, 0.2) is 9.84 Å². The molecule has 0 radical (unpaired) electrons. The minimum atomic E-state index is -3.84. The minimum Gasteiger partial charge on any atom is -0.441 e. The first-order chi connectivity index (χ1) is 15.7. The maximum absolute atomic E-state index is 14.0. The van der Waals surface area contributed by atoms with E-state index in [1.165, 1.54) is 29.2 Å². The van der Waals surface area contributed by atoms with Gasteiger partial charge in [-0.05, 0) is 31.2 Å². The Bertz CT molecular complexity index is 1270. The number of halogens is 2. The van der Waals surface area contributed by atoms with Crippen molar-refractivity contribution >= 4 is 21.4 Å². The zero-order chi connectivity index (χ0) is 23.6. The summed E-state index contributed by atoms with van der Waals surface area (Å²) in [7, 11) is -3.84. The maximum atomic E-state index is 14.0. The Hall–Kier alpha value is -3.27. The van der Waals surface area contributed by atoms with Gasteiger partial charge in [0.2, 0.25) is 11.8 Å². The van der Waals surface area contributed by atoms with Gasteiger partial charge in [0.25, 0.3) is 0 Å². The van der Waals surface area contributed by atoms with Crippen LogP contribution in [0.25, 0.3) is 11.5 Å². The second kappa shape index (κ2) is 9.30. The highest BCUT2D eigenvalue weighted by Crippen LogP contribution is 2.25. The van der Waals surface area contributed by atoms with Crippen LogP contribution in [-0.2, 0) is 20.4 Å². The second-order valence-corrected chi connectivity index (χ2v) is 9.92. The fraction of sp³-hybridized carbons (Fsp3) is 0.304. The van der Waals surface area contributed by atoms with Crippen molar-refractivity contribution in [2.24, 2.45) is 0 Å². The van der Waals surface area contributed by atoms with E-state index < -0.39 is 33.1 Å². The van der Waals surface area contributed by atoms with Gasteiger partial charge in [0, 0.05) is 26.2 Å². The molecular weight excluding hydrogens is 452 g/mol. The number of oxazole rings is 1. The Morgan fingerprint density at radius 2 is 1.64 bits per heavy atom. The first-order valence-corrected chi connectivity index (χ1v) is 12.2. The SMILES string of the molecule is Cc1oc(-c2ccccc2F)nc1CS(=O)(=O)CC(=O)N1CCN(c2ccccc2F)CC1. The summed E-state index contributed by atoms with van der Waals surface area (Å²) in [6, 6.07) is 12.3. The van der Waals surface area contributed by atoms with E-state index >= 15 is 0 Å². The summed E-state index contributed by atoms with van der Waals surface area (Å²) in [6.45, 7) is 2.94. The topological polar surface area (TPSA) is 83.7 Å². The standard InChI is InChI=1S/C23H23F2N3O4S/c1-16-20(26-23(32-16)17-6-2-3-7-18(17)24)14-33(30,31)15-22(29)28-12-10-27(11-13-28)21-9-5-4-8-19(21)25/h2-9H,10-15H2,1H3. The van der Waals surface area contributed by atoms with Crippen LogP contribution in [0.3, 0.4) is 0 Å². The van der Waals surface area contributed by atoms with Crippen molar-refractivity contribution in [2.75, 3.05) is 36.8 Å². The molecule has 0 spiro atoms. The molecule has 4 rings (SSSR count). The van der Waals surface area contributed by atoms with E-state index in [0.29, 0.717) is 31.9 Å². The number of aryl methyl sites for hydroxylation is 1. The second-order valence-electron chi connectivity index (χ2n) is 7.85. The molecule has 1 aliphatic heterocycles. The number of amides is 1. The lowest BCUT2D eigenvalue weighted by Crippen LogP contribution is -2.50. The molecule has 1 fully saturated rings. The fourth-order valence-electron chi connectivity index (χ4n) is 3.76. The number of piperazine rings is 1. The molecule has 0 saturated carbocycles. The smallest absolute Gasteiger partial charge is 0.237 e. The van der Waals surface area contributed by atoms with Crippen molar-refractivity contribution in [1.29, 1.82) is 0 Å². The number of hydrogen-bond donors (Lipinski definition) is 0. The molecule has 2 aromatic carbocycles. The Kier molecular flexibility index (Phi) is 6.46. The van der Waals surface area contributed by atoms with E-state index in [2.05, 4.69) is 4.98 Å². The summed E-state index contributed by atoms with van der Waals surface area (Å²) in [5.74, 6) is -2.30. The Morgan fingerprint density at radius 3 is 2.30 bits per heavy atom. The number of aromatic nitrogens is 1. The van der Waals surface area contributed by atoms with Crippen LogP contribution in [0.1, 0.15) is 11.5 Å². The molecule has 0 atom stereocenters. The van der Waals surface area contributed by atoms with Crippen LogP contribution in [0.2, 0.25) is 0 Å². The van der Waals surface area contributed by atoms with Gasteiger partial charge in [-0.3, -0.25) is 4.79 Å². The molecule has 2 heterocycles. The van der Waals surface area contributed by atoms with Gasteiger partial charge < -0.3 is 14.2 Å². The van der Waals surface area contributed by atoms with Crippen molar-refractivity contribution in [3.63, 3.8) is 0 Å². The largest absolute Gasteiger partial charge is 0.441 e. The van der Waals surface area contributed by atoms with Gasteiger partial charge in [-0.25, -0.2) is 22.2 Å². The first kappa shape index (κ1) is 22.9. The molecule has 0 unspecified atom stereocenters. The molecule has 1 aliphatic rings. The molecule has 33 heavy (non-hydrogen) atoms. The number of anilines is 1. The molecule has 1 aromatic heterocycles. The molecular formula is C23H23F2N3O4S. The molecule has 0 bridgehead atoms. The highest BCUT2D eigenvalue weighted by molar-refractivity contribution is 7.91. The van der Waals surface area contributed by atoms with E-state index in [4.69, 9.17) is 4.42 Å². The van der Waals surface area contributed by atoms with Crippen LogP contribution in [0.15, 0.2) is 52.9 Å². The highest BCUT2D eigenvalue weighted by atomic mass is 32.2. The molecule has 10 heteroatoms. The van der Waals surface area contributed by atoms with Crippen LogP contribution in [-0.4, -0.2) is 56.1 Å². The molecule has 174 valence electrons. The van der Waals surface area contributed by atoms with E-state index in [0.717, 1.165) is 0 Å². The summed E-state index contributed by atoms with van der Waals surface area (Å²) >= 11 is 0. The number of para-hydroxylation sites is 1. The fourth-order valence-corrected chi connectivity index (χ4v) is 5.10. The molecule has 0 N–H and O–H groups in total. The number of nitrogens with zero attached hydrogens (tertiary/aromatic N) is 3. The number of hydrogen-bond acceptors (Lipinski definition) is 6. The van der Waals surface area contributed by atoms with Crippen molar-refractivity contribution in [3.8, 4) is 11.5 Å². The molecule has 7 nitrogen and oxygen atoms in total. The van der Waals surface area contributed by atoms with Crippen molar-refractivity contribution in [1.82, 2.24) is 9.88 Å². The average molecular weight is 476 g/mol. The highest BCUT2D eigenvalue weighted by Gasteiger charge is 2.28. The maximum Gasteiger partial charge on any atom is 0.237 e. The van der Waals surface area contributed by atoms with Gasteiger partial charge in [0.1, 0.15) is 23.1 Å². The lowest BCUT2D eigenvalue weighted by molar-refractivity contribution is -0.128. The number of rotatable bonds is 6. The monoisotopic (exact) mass is 475 g/mol. The van der Waals surface area contributed by atoms with E-state index in [9.17, 15) is 22.0 Å². The zero-order valence-electron chi connectivity index (χ0n) is 18.0. The van der Waals surface area contributed by atoms with Crippen LogP contribution in [0, 0.1) is 18.6 Å². The van der Waals surface area contributed by atoms with Gasteiger partial charge in [0.05, 0.1) is 22.7 Å². The average Bonchev–Trinajstić information content (AvgIpc) is 3.13. The Morgan fingerprint density at radius 1 is 1.00 bits per heavy atom. The van der Waals surface area contributed by atoms with Crippen molar-refractivity contribution < 1.29 is 26.4 Å². The zero-order valence-corrected chi connectivity index (χ0v) is 18.8. The molecule has 0 aliphatic carbocycles. The van der Waals surface area contributed by atoms with Gasteiger partial charge >= 0.3 is 0 Å². The van der Waals surface area contributed by atoms with Crippen molar-refractivity contribution in [2.45, 2.75) is 12.7 Å². The van der Waals surface area contributed by atoms with Gasteiger partial charge in [-0.1, -0.05) is 24.3 Å². The number of sulfone groups is 1. The third-order valence-corrected chi connectivity index (χ3v) is 6.92. The van der Waals surface area contributed by atoms with Crippen LogP contribution in [0.5, 0.6) is 0 Å². The summed E-state index contributed by atoms with van der Waals surface area (Å²) in [5.41, 5.74) is 0.739. The van der Waals surface area contributed by atoms with E-state index in [1.54, 1.807) is 31.2 Å². The van der Waals surface area contributed by atoms with Crippen LogP contribution >= 0.6 is 0 Å². The minimum absolute atomic E-state index is 0.00797. The molecule has 3 aromatic rings. The third kappa shape index (κ3) is 5.22. The predicted molar refractivity (Wildman–Crippen MR) is 119 cm³/mol. The van der Waals surface area contributed by atoms with E-state index in [1.807, 2.05) is 4.90 Å². The van der Waals surface area contributed by atoms with Crippen LogP contribution in [0.4, 0.5) is 14.5 Å². The van der Waals surface area contributed by atoms with Gasteiger partial charge in [-0.15, -0.1) is 0 Å². The number of benzene rings is 2. The normalized spacial score (nSPS) is 14.5. The molecule has 1 saturated heterocycles. The lowest BCUT2D eigenvalue weighted by atomic mass is 10.2. The summed E-state index contributed by atoms with van der Waals surface area (Å²) in [5, 5.41) is 0. The Labute approximate surface area is 190 Å². The van der Waals surface area contributed by atoms with Crippen LogP contribution < -0.4 is 4.90 Å². The summed E-state index contributed by atoms with van der Waals surface area (Å²) in [4.78, 5) is 20.1. The molecule has 1 amide bonds. The lowest BCUT2D eigenvalue weighted by Gasteiger charge is -2.36. The summed E-state index contributed by atoms with van der Waals surface area (Å²) < 4.78 is 58.8.